The highest BCUT2D eigenvalue weighted by Gasteiger charge is 2.24. The van der Waals surface area contributed by atoms with Crippen molar-refractivity contribution in [3.63, 3.8) is 0 Å². The fourth-order valence-electron chi connectivity index (χ4n) is 3.28. The van der Waals surface area contributed by atoms with E-state index in [1.807, 2.05) is 30.3 Å². The third kappa shape index (κ3) is 5.30. The summed E-state index contributed by atoms with van der Waals surface area (Å²) >= 11 is 0. The lowest BCUT2D eigenvalue weighted by atomic mass is 9.97. The summed E-state index contributed by atoms with van der Waals surface area (Å²) in [6, 6.07) is 14.5. The van der Waals surface area contributed by atoms with Gasteiger partial charge in [0, 0.05) is 6.54 Å². The van der Waals surface area contributed by atoms with Crippen molar-refractivity contribution in [2.45, 2.75) is 19.3 Å². The van der Waals surface area contributed by atoms with E-state index >= 15 is 0 Å². The number of halogens is 1. The van der Waals surface area contributed by atoms with E-state index in [2.05, 4.69) is 4.90 Å². The summed E-state index contributed by atoms with van der Waals surface area (Å²) in [5.41, 5.74) is 2.06. The average molecular weight is 357 g/mol. The van der Waals surface area contributed by atoms with Gasteiger partial charge in [0.1, 0.15) is 18.2 Å². The summed E-state index contributed by atoms with van der Waals surface area (Å²) in [6.07, 6.45) is 2.12. The molecule has 0 aliphatic carbocycles. The molecule has 4 nitrogen and oxygen atoms in total. The van der Waals surface area contributed by atoms with Crippen LogP contribution in [0.1, 0.15) is 24.0 Å². The molecule has 26 heavy (non-hydrogen) atoms. The largest absolute Gasteiger partial charge is 0.492 e. The second kappa shape index (κ2) is 8.81. The van der Waals surface area contributed by atoms with Gasteiger partial charge in [-0.2, -0.15) is 0 Å². The first kappa shape index (κ1) is 18.4. The number of nitrogens with zero attached hydrogens (tertiary/aromatic N) is 1. The molecular formula is C21H24FNO3. The summed E-state index contributed by atoms with van der Waals surface area (Å²) in [4.78, 5) is 13.2. The lowest BCUT2D eigenvalue weighted by molar-refractivity contribution is -0.143. The molecule has 2 aromatic carbocycles. The van der Waals surface area contributed by atoms with Gasteiger partial charge < -0.3 is 9.84 Å². The lowest BCUT2D eigenvalue weighted by Gasteiger charge is -2.29. The minimum Gasteiger partial charge on any atom is -0.492 e. The van der Waals surface area contributed by atoms with Crippen LogP contribution < -0.4 is 4.74 Å². The highest BCUT2D eigenvalue weighted by Crippen LogP contribution is 2.18. The topological polar surface area (TPSA) is 49.8 Å². The maximum absolute atomic E-state index is 13.2. The van der Waals surface area contributed by atoms with Crippen LogP contribution in [-0.2, 0) is 11.2 Å². The van der Waals surface area contributed by atoms with E-state index in [9.17, 15) is 9.18 Å². The molecule has 0 amide bonds. The Labute approximate surface area is 153 Å². The van der Waals surface area contributed by atoms with Crippen LogP contribution in [0.4, 0.5) is 4.39 Å². The first-order chi connectivity index (χ1) is 12.6. The number of benzene rings is 2. The van der Waals surface area contributed by atoms with Crippen LogP contribution in [0.15, 0.2) is 48.5 Å². The second-order valence-electron chi connectivity index (χ2n) is 6.75. The molecule has 3 rings (SSSR count). The molecule has 138 valence electrons. The number of ether oxygens (including phenoxy) is 1. The molecular weight excluding hydrogens is 333 g/mol. The highest BCUT2D eigenvalue weighted by molar-refractivity contribution is 5.70. The molecule has 1 aliphatic heterocycles. The number of piperidine rings is 1. The summed E-state index contributed by atoms with van der Waals surface area (Å²) in [5, 5.41) is 9.02. The zero-order chi connectivity index (χ0) is 18.4. The monoisotopic (exact) mass is 357 g/mol. The lowest BCUT2D eigenvalue weighted by Crippen LogP contribution is -2.38. The van der Waals surface area contributed by atoms with E-state index < -0.39 is 5.97 Å². The molecule has 0 bridgehead atoms. The van der Waals surface area contributed by atoms with Crippen molar-refractivity contribution in [3.05, 3.63) is 65.5 Å². The number of aliphatic carboxylic acids is 1. The first-order valence-electron chi connectivity index (χ1n) is 9.01. The van der Waals surface area contributed by atoms with Gasteiger partial charge >= 0.3 is 5.97 Å². The van der Waals surface area contributed by atoms with Crippen LogP contribution in [0.5, 0.6) is 5.75 Å². The van der Waals surface area contributed by atoms with Crippen molar-refractivity contribution in [2.75, 3.05) is 26.2 Å². The predicted octanol–water partition coefficient (Wildman–Crippen LogP) is 3.59. The first-order valence-corrected chi connectivity index (χ1v) is 9.01. The van der Waals surface area contributed by atoms with Gasteiger partial charge in [0.15, 0.2) is 0 Å². The van der Waals surface area contributed by atoms with E-state index in [-0.39, 0.29) is 11.7 Å². The van der Waals surface area contributed by atoms with Crippen LogP contribution in [0, 0.1) is 11.7 Å². The molecule has 0 atom stereocenters. The molecule has 1 heterocycles. The van der Waals surface area contributed by atoms with Gasteiger partial charge in [-0.1, -0.05) is 24.3 Å². The number of rotatable bonds is 7. The van der Waals surface area contributed by atoms with E-state index in [1.165, 1.54) is 6.07 Å². The Hall–Kier alpha value is -2.40. The fourth-order valence-corrected chi connectivity index (χ4v) is 3.28. The standard InChI is InChI=1S/C21H24FNO3/c22-19-3-1-2-17(15-19)14-16-4-6-20(7-5-16)26-13-12-23-10-8-18(9-11-23)21(24)25/h1-7,15,18H,8-14H2,(H,24,25). The molecule has 0 spiro atoms. The van der Waals surface area contributed by atoms with Crippen LogP contribution in [0.2, 0.25) is 0 Å². The quantitative estimate of drug-likeness (QED) is 0.823. The molecule has 2 aromatic rings. The smallest absolute Gasteiger partial charge is 0.306 e. The fraction of sp³-hybridized carbons (Fsp3) is 0.381. The number of likely N-dealkylation sites (tertiary alicyclic amines) is 1. The van der Waals surface area contributed by atoms with Gasteiger partial charge in [0.25, 0.3) is 0 Å². The maximum atomic E-state index is 13.2. The molecule has 0 saturated carbocycles. The minimum atomic E-state index is -0.681. The zero-order valence-corrected chi connectivity index (χ0v) is 14.7. The number of hydrogen-bond acceptors (Lipinski definition) is 3. The molecule has 5 heteroatoms. The predicted molar refractivity (Wildman–Crippen MR) is 97.9 cm³/mol. The number of carboxylic acid groups (broad SMARTS) is 1. The molecule has 1 aliphatic rings. The van der Waals surface area contributed by atoms with Crippen molar-refractivity contribution in [1.29, 1.82) is 0 Å². The van der Waals surface area contributed by atoms with E-state index in [0.29, 0.717) is 25.9 Å². The van der Waals surface area contributed by atoms with Crippen molar-refractivity contribution >= 4 is 5.97 Å². The Balaban J connectivity index is 1.41. The summed E-state index contributed by atoms with van der Waals surface area (Å²) < 4.78 is 19.0. The molecule has 1 saturated heterocycles. The van der Waals surface area contributed by atoms with Gasteiger partial charge in [-0.25, -0.2) is 4.39 Å². The van der Waals surface area contributed by atoms with Gasteiger partial charge in [0.2, 0.25) is 0 Å². The van der Waals surface area contributed by atoms with Crippen molar-refractivity contribution < 1.29 is 19.0 Å². The molecule has 0 unspecified atom stereocenters. The second-order valence-corrected chi connectivity index (χ2v) is 6.75. The summed E-state index contributed by atoms with van der Waals surface area (Å²) in [6.45, 7) is 3.01. The van der Waals surface area contributed by atoms with Crippen LogP contribution in [0.3, 0.4) is 0 Å². The van der Waals surface area contributed by atoms with Crippen molar-refractivity contribution in [2.24, 2.45) is 5.92 Å². The van der Waals surface area contributed by atoms with Gasteiger partial charge in [-0.05, 0) is 67.7 Å². The number of carbonyl (C=O) groups is 1. The SMILES string of the molecule is O=C(O)C1CCN(CCOc2ccc(Cc3cccc(F)c3)cc2)CC1. The Morgan fingerprint density at radius 3 is 2.50 bits per heavy atom. The number of hydrogen-bond donors (Lipinski definition) is 1. The molecule has 0 radical (unpaired) electrons. The van der Waals surface area contributed by atoms with Crippen LogP contribution >= 0.6 is 0 Å². The van der Waals surface area contributed by atoms with E-state index in [0.717, 1.165) is 36.5 Å². The van der Waals surface area contributed by atoms with Crippen molar-refractivity contribution in [3.8, 4) is 5.75 Å². The van der Waals surface area contributed by atoms with Crippen molar-refractivity contribution in [1.82, 2.24) is 4.90 Å². The van der Waals surface area contributed by atoms with Gasteiger partial charge in [-0.15, -0.1) is 0 Å². The van der Waals surface area contributed by atoms with E-state index in [1.54, 1.807) is 12.1 Å². The Bertz CT molecular complexity index is 724. The average Bonchev–Trinajstić information content (AvgIpc) is 2.64. The highest BCUT2D eigenvalue weighted by atomic mass is 19.1. The minimum absolute atomic E-state index is 0.196. The Kier molecular flexibility index (Phi) is 6.23. The molecule has 1 N–H and O–H groups in total. The molecule has 1 fully saturated rings. The normalized spacial score (nSPS) is 15.7. The third-order valence-electron chi connectivity index (χ3n) is 4.83. The summed E-state index contributed by atoms with van der Waals surface area (Å²) in [5.74, 6) is -0.278. The van der Waals surface area contributed by atoms with Gasteiger partial charge in [-0.3, -0.25) is 9.69 Å². The maximum Gasteiger partial charge on any atom is 0.306 e. The van der Waals surface area contributed by atoms with Crippen LogP contribution in [0.25, 0.3) is 0 Å². The van der Waals surface area contributed by atoms with Crippen LogP contribution in [-0.4, -0.2) is 42.2 Å². The van der Waals surface area contributed by atoms with Gasteiger partial charge in [0.05, 0.1) is 5.92 Å². The van der Waals surface area contributed by atoms with E-state index in [4.69, 9.17) is 9.84 Å². The Morgan fingerprint density at radius 1 is 1.12 bits per heavy atom. The molecule has 0 aromatic heterocycles. The third-order valence-corrected chi connectivity index (χ3v) is 4.83. The zero-order valence-electron chi connectivity index (χ0n) is 14.7. The summed E-state index contributed by atoms with van der Waals surface area (Å²) in [7, 11) is 0. The number of carboxylic acids is 1. The Morgan fingerprint density at radius 2 is 1.85 bits per heavy atom.